The van der Waals surface area contributed by atoms with E-state index in [4.69, 9.17) is 23.2 Å². The van der Waals surface area contributed by atoms with Crippen LogP contribution in [-0.2, 0) is 14.8 Å². The van der Waals surface area contributed by atoms with Gasteiger partial charge in [-0.05, 0) is 48.9 Å². The summed E-state index contributed by atoms with van der Waals surface area (Å²) >= 11 is 11.9. The van der Waals surface area contributed by atoms with E-state index in [9.17, 15) is 17.6 Å². The van der Waals surface area contributed by atoms with Crippen molar-refractivity contribution in [1.29, 1.82) is 0 Å². The first-order valence-electron chi connectivity index (χ1n) is 7.64. The fourth-order valence-corrected chi connectivity index (χ4v) is 4.12. The second kappa shape index (κ2) is 8.24. The Morgan fingerprint density at radius 2 is 1.81 bits per heavy atom. The molecule has 0 radical (unpaired) electrons. The Hall–Kier alpha value is -1.83. The molecule has 2 aromatic carbocycles. The number of hydrogen-bond acceptors (Lipinski definition) is 3. The van der Waals surface area contributed by atoms with Gasteiger partial charge in [0.2, 0.25) is 15.9 Å². The molecular formula is C17H17Cl2FN2O3S. The molecule has 9 heteroatoms. The minimum absolute atomic E-state index is 0.193. The van der Waals surface area contributed by atoms with Crippen LogP contribution in [0.3, 0.4) is 0 Å². The molecule has 1 atom stereocenters. The lowest BCUT2D eigenvalue weighted by atomic mass is 10.1. The summed E-state index contributed by atoms with van der Waals surface area (Å²) in [6.07, 6.45) is 1.18. The highest BCUT2D eigenvalue weighted by molar-refractivity contribution is 7.92. The average Bonchev–Trinajstić information content (AvgIpc) is 2.55. The second-order valence-corrected chi connectivity index (χ2v) is 8.28. The molecule has 2 aromatic rings. The maximum absolute atomic E-state index is 13.2. The Labute approximate surface area is 161 Å². The number of nitrogens with zero attached hydrogens (tertiary/aromatic N) is 1. The van der Waals surface area contributed by atoms with Crippen molar-refractivity contribution < 1.29 is 17.6 Å². The van der Waals surface area contributed by atoms with E-state index in [2.05, 4.69) is 5.32 Å². The number of halogens is 3. The lowest BCUT2D eigenvalue weighted by Crippen LogP contribution is -2.47. The van der Waals surface area contributed by atoms with Crippen LogP contribution in [0.4, 0.5) is 15.8 Å². The van der Waals surface area contributed by atoms with Crippen molar-refractivity contribution in [2.45, 2.75) is 19.4 Å². The summed E-state index contributed by atoms with van der Waals surface area (Å²) in [4.78, 5) is 12.7. The fourth-order valence-electron chi connectivity index (χ4n) is 2.46. The normalized spacial score (nSPS) is 12.5. The number of benzene rings is 2. The molecule has 140 valence electrons. The first-order chi connectivity index (χ1) is 12.1. The van der Waals surface area contributed by atoms with Crippen molar-refractivity contribution in [2.75, 3.05) is 15.9 Å². The van der Waals surface area contributed by atoms with E-state index >= 15 is 0 Å². The molecule has 0 saturated heterocycles. The van der Waals surface area contributed by atoms with Gasteiger partial charge in [0.15, 0.2) is 0 Å². The molecule has 5 nitrogen and oxygen atoms in total. The topological polar surface area (TPSA) is 66.5 Å². The van der Waals surface area contributed by atoms with E-state index < -0.39 is 27.8 Å². The lowest BCUT2D eigenvalue weighted by Gasteiger charge is -2.30. The van der Waals surface area contributed by atoms with E-state index in [-0.39, 0.29) is 17.1 Å². The van der Waals surface area contributed by atoms with E-state index in [0.29, 0.717) is 10.7 Å². The van der Waals surface area contributed by atoms with Gasteiger partial charge in [-0.1, -0.05) is 30.1 Å². The summed E-state index contributed by atoms with van der Waals surface area (Å²) in [6, 6.07) is 8.39. The zero-order valence-corrected chi connectivity index (χ0v) is 16.4. The lowest BCUT2D eigenvalue weighted by molar-refractivity contribution is -0.117. The third kappa shape index (κ3) is 4.87. The van der Waals surface area contributed by atoms with Crippen molar-refractivity contribution in [3.8, 4) is 0 Å². The van der Waals surface area contributed by atoms with Gasteiger partial charge >= 0.3 is 0 Å². The molecule has 0 fully saturated rings. The van der Waals surface area contributed by atoms with E-state index in [1.165, 1.54) is 24.3 Å². The molecule has 1 N–H and O–H groups in total. The Morgan fingerprint density at radius 1 is 1.19 bits per heavy atom. The summed E-state index contributed by atoms with van der Waals surface area (Å²) in [7, 11) is -3.80. The molecule has 0 aliphatic heterocycles. The first-order valence-corrected chi connectivity index (χ1v) is 10.2. The van der Waals surface area contributed by atoms with E-state index in [1.54, 1.807) is 13.0 Å². The van der Waals surface area contributed by atoms with Gasteiger partial charge in [0.25, 0.3) is 0 Å². The Morgan fingerprint density at radius 3 is 2.31 bits per heavy atom. The number of rotatable bonds is 6. The summed E-state index contributed by atoms with van der Waals surface area (Å²) in [6.45, 7) is 1.68. The maximum Gasteiger partial charge on any atom is 0.248 e. The van der Waals surface area contributed by atoms with E-state index in [1.807, 2.05) is 0 Å². The smallest absolute Gasteiger partial charge is 0.248 e. The zero-order chi connectivity index (χ0) is 19.5. The predicted molar refractivity (Wildman–Crippen MR) is 103 cm³/mol. The van der Waals surface area contributed by atoms with Crippen LogP contribution in [0.5, 0.6) is 0 Å². The highest BCUT2D eigenvalue weighted by Gasteiger charge is 2.31. The first kappa shape index (κ1) is 20.5. The minimum Gasteiger partial charge on any atom is -0.323 e. The molecule has 0 aliphatic carbocycles. The van der Waals surface area contributed by atoms with Crippen LogP contribution < -0.4 is 9.62 Å². The van der Waals surface area contributed by atoms with Crippen LogP contribution >= 0.6 is 23.2 Å². The molecule has 0 bridgehead atoms. The van der Waals surface area contributed by atoms with Gasteiger partial charge in [-0.2, -0.15) is 0 Å². The van der Waals surface area contributed by atoms with Gasteiger partial charge in [0.05, 0.1) is 22.7 Å². The summed E-state index contributed by atoms with van der Waals surface area (Å²) in [5.74, 6) is -1.07. The molecule has 26 heavy (non-hydrogen) atoms. The summed E-state index contributed by atoms with van der Waals surface area (Å²) in [5, 5.41) is 3.25. The van der Waals surface area contributed by atoms with Gasteiger partial charge in [-0.3, -0.25) is 9.10 Å². The van der Waals surface area contributed by atoms with Crippen LogP contribution in [0, 0.1) is 5.82 Å². The molecule has 1 unspecified atom stereocenters. The van der Waals surface area contributed by atoms with Crippen LogP contribution in [0.25, 0.3) is 0 Å². The van der Waals surface area contributed by atoms with Crippen molar-refractivity contribution in [1.82, 2.24) is 0 Å². The minimum atomic E-state index is -3.80. The van der Waals surface area contributed by atoms with Crippen molar-refractivity contribution >= 4 is 50.5 Å². The quantitative estimate of drug-likeness (QED) is 0.759. The standard InChI is InChI=1S/C17H17Cl2FN2O3S/c1-3-16(17(23)21-15-9-4-11(18)10-14(15)19)22(26(2,24)25)13-7-5-12(20)6-8-13/h4-10,16H,3H2,1-2H3,(H,21,23). The Kier molecular flexibility index (Phi) is 6.49. The van der Waals surface area contributed by atoms with Gasteiger partial charge in [0, 0.05) is 5.02 Å². The van der Waals surface area contributed by atoms with Gasteiger partial charge in [-0.15, -0.1) is 0 Å². The third-order valence-corrected chi connectivity index (χ3v) is 5.33. The average molecular weight is 419 g/mol. The molecule has 0 aliphatic rings. The SMILES string of the molecule is CCC(C(=O)Nc1ccc(Cl)cc1Cl)N(c1ccc(F)cc1)S(C)(=O)=O. The van der Waals surface area contributed by atoms with Crippen LogP contribution in [0.15, 0.2) is 42.5 Å². The van der Waals surface area contributed by atoms with Crippen molar-refractivity contribution in [3.63, 3.8) is 0 Å². The number of sulfonamides is 1. The number of carbonyl (C=O) groups is 1. The molecule has 0 saturated carbocycles. The van der Waals surface area contributed by atoms with Crippen LogP contribution in [0.1, 0.15) is 13.3 Å². The number of nitrogens with one attached hydrogen (secondary N) is 1. The monoisotopic (exact) mass is 418 g/mol. The maximum atomic E-state index is 13.2. The van der Waals surface area contributed by atoms with E-state index in [0.717, 1.165) is 22.7 Å². The second-order valence-electron chi connectivity index (χ2n) is 5.57. The summed E-state index contributed by atoms with van der Waals surface area (Å²) < 4.78 is 38.7. The van der Waals surface area contributed by atoms with Gasteiger partial charge in [0.1, 0.15) is 11.9 Å². The Bertz CT molecular complexity index is 905. The fraction of sp³-hybridized carbons (Fsp3) is 0.235. The highest BCUT2D eigenvalue weighted by atomic mass is 35.5. The molecule has 0 aromatic heterocycles. The Balaban J connectivity index is 2.38. The van der Waals surface area contributed by atoms with Crippen LogP contribution in [-0.4, -0.2) is 26.6 Å². The van der Waals surface area contributed by atoms with Crippen molar-refractivity contribution in [2.24, 2.45) is 0 Å². The van der Waals surface area contributed by atoms with Gasteiger partial charge < -0.3 is 5.32 Å². The molecule has 0 spiro atoms. The number of amides is 1. The number of anilines is 2. The van der Waals surface area contributed by atoms with Crippen LogP contribution in [0.2, 0.25) is 10.0 Å². The third-order valence-electron chi connectivity index (χ3n) is 3.60. The molecule has 2 rings (SSSR count). The highest BCUT2D eigenvalue weighted by Crippen LogP contribution is 2.27. The molecule has 1 amide bonds. The largest absolute Gasteiger partial charge is 0.323 e. The molecular weight excluding hydrogens is 402 g/mol. The van der Waals surface area contributed by atoms with Crippen molar-refractivity contribution in [3.05, 3.63) is 58.3 Å². The molecule has 0 heterocycles. The summed E-state index contributed by atoms with van der Waals surface area (Å²) in [5.41, 5.74) is 0.505. The number of hydrogen-bond donors (Lipinski definition) is 1. The predicted octanol–water partition coefficient (Wildman–Crippen LogP) is 4.32. The number of carbonyl (C=O) groups excluding carboxylic acids is 1. The van der Waals surface area contributed by atoms with Gasteiger partial charge in [-0.25, -0.2) is 12.8 Å². The zero-order valence-electron chi connectivity index (χ0n) is 14.0.